The first-order valence-electron chi connectivity index (χ1n) is 8.44. The van der Waals surface area contributed by atoms with Crippen LogP contribution in [0.2, 0.25) is 0 Å². The van der Waals surface area contributed by atoms with Crippen LogP contribution in [-0.2, 0) is 16.1 Å². The molecule has 2 aromatic rings. The van der Waals surface area contributed by atoms with Crippen LogP contribution in [0.1, 0.15) is 45.7 Å². The second kappa shape index (κ2) is 9.05. The summed E-state index contributed by atoms with van der Waals surface area (Å²) >= 11 is 0. The largest absolute Gasteiger partial charge is 0.454 e. The molecule has 0 saturated carbocycles. The van der Waals surface area contributed by atoms with E-state index in [-0.39, 0.29) is 17.4 Å². The van der Waals surface area contributed by atoms with Gasteiger partial charge in [0.15, 0.2) is 6.61 Å². The van der Waals surface area contributed by atoms with Gasteiger partial charge in [0, 0.05) is 17.2 Å². The lowest BCUT2D eigenvalue weighted by Gasteiger charge is -2.08. The fraction of sp³-hybridized carbons (Fsp3) is 0.300. The van der Waals surface area contributed by atoms with E-state index in [1.807, 2.05) is 13.8 Å². The van der Waals surface area contributed by atoms with Crippen LogP contribution in [0.5, 0.6) is 0 Å². The second-order valence-electron chi connectivity index (χ2n) is 6.31. The van der Waals surface area contributed by atoms with Crippen LogP contribution in [0.25, 0.3) is 0 Å². The maximum absolute atomic E-state index is 12.2. The molecule has 0 radical (unpaired) electrons. The molecule has 142 valence electrons. The number of carbonyl (C=O) groups is 2. The Morgan fingerprint density at radius 1 is 1.07 bits per heavy atom. The number of esters is 1. The van der Waals surface area contributed by atoms with E-state index in [9.17, 15) is 19.7 Å². The van der Waals surface area contributed by atoms with Gasteiger partial charge in [-0.2, -0.15) is 0 Å². The third-order valence-electron chi connectivity index (χ3n) is 3.84. The zero-order chi connectivity index (χ0) is 20.0. The van der Waals surface area contributed by atoms with Crippen molar-refractivity contribution in [2.24, 2.45) is 0 Å². The molecule has 0 saturated heterocycles. The highest BCUT2D eigenvalue weighted by atomic mass is 16.6. The minimum Gasteiger partial charge on any atom is -0.454 e. The van der Waals surface area contributed by atoms with E-state index in [4.69, 9.17) is 9.47 Å². The molecule has 0 fully saturated rings. The minimum atomic E-state index is -0.638. The highest BCUT2D eigenvalue weighted by Gasteiger charge is 2.17. The Labute approximate surface area is 157 Å². The Morgan fingerprint density at radius 3 is 2.30 bits per heavy atom. The lowest BCUT2D eigenvalue weighted by Crippen LogP contribution is -2.14. The second-order valence-corrected chi connectivity index (χ2v) is 6.31. The summed E-state index contributed by atoms with van der Waals surface area (Å²) in [7, 11) is 0. The van der Waals surface area contributed by atoms with Gasteiger partial charge in [-0.3, -0.25) is 14.9 Å². The quantitative estimate of drug-likeness (QED) is 0.302. The molecule has 27 heavy (non-hydrogen) atoms. The zero-order valence-electron chi connectivity index (χ0n) is 15.4. The van der Waals surface area contributed by atoms with Crippen LogP contribution in [0.15, 0.2) is 42.5 Å². The number of nitrogens with zero attached hydrogens (tertiary/aromatic N) is 1. The molecule has 0 aliphatic carbocycles. The fourth-order valence-electron chi connectivity index (χ4n) is 2.28. The first-order chi connectivity index (χ1) is 12.8. The molecule has 0 atom stereocenters. The standard InChI is InChI=1S/C20H21NO6/c1-13(2)26-11-15-5-8-16(9-6-15)20(23)27-12-19(22)17-7-4-14(3)18(10-17)21(24)25/h4-10,13H,11-12H2,1-3H3. The number of ether oxygens (including phenoxy) is 2. The van der Waals surface area contributed by atoms with E-state index in [1.165, 1.54) is 18.2 Å². The molecule has 7 heteroatoms. The summed E-state index contributed by atoms with van der Waals surface area (Å²) in [4.78, 5) is 34.6. The summed E-state index contributed by atoms with van der Waals surface area (Å²) in [5.41, 5.74) is 1.66. The van der Waals surface area contributed by atoms with E-state index in [1.54, 1.807) is 31.2 Å². The predicted octanol–water partition coefficient (Wildman–Crippen LogP) is 3.87. The molecule has 0 heterocycles. The number of benzene rings is 2. The predicted molar refractivity (Wildman–Crippen MR) is 98.8 cm³/mol. The Kier molecular flexibility index (Phi) is 6.79. The van der Waals surface area contributed by atoms with Crippen LogP contribution in [0.3, 0.4) is 0 Å². The molecule has 0 unspecified atom stereocenters. The van der Waals surface area contributed by atoms with Gasteiger partial charge < -0.3 is 9.47 Å². The molecule has 7 nitrogen and oxygen atoms in total. The molecule has 0 bridgehead atoms. The summed E-state index contributed by atoms with van der Waals surface area (Å²) in [6.07, 6.45) is 0.109. The average molecular weight is 371 g/mol. The van der Waals surface area contributed by atoms with Crippen molar-refractivity contribution in [3.05, 3.63) is 74.8 Å². The number of rotatable bonds is 8. The molecule has 2 aromatic carbocycles. The Bertz CT molecular complexity index is 842. The molecule has 0 N–H and O–H groups in total. The highest BCUT2D eigenvalue weighted by molar-refractivity contribution is 5.99. The maximum Gasteiger partial charge on any atom is 0.338 e. The number of ketones is 1. The van der Waals surface area contributed by atoms with E-state index >= 15 is 0 Å². The monoisotopic (exact) mass is 371 g/mol. The first-order valence-corrected chi connectivity index (χ1v) is 8.44. The number of carbonyl (C=O) groups excluding carboxylic acids is 2. The van der Waals surface area contributed by atoms with E-state index in [0.717, 1.165) is 5.56 Å². The van der Waals surface area contributed by atoms with Gasteiger partial charge in [-0.05, 0) is 38.5 Å². The van der Waals surface area contributed by atoms with Crippen LogP contribution >= 0.6 is 0 Å². The fourth-order valence-corrected chi connectivity index (χ4v) is 2.28. The van der Waals surface area contributed by atoms with Crippen molar-refractivity contribution in [3.8, 4) is 0 Å². The van der Waals surface area contributed by atoms with Crippen molar-refractivity contribution >= 4 is 17.4 Å². The number of aryl methyl sites for hydroxylation is 1. The third kappa shape index (κ3) is 5.72. The molecule has 0 aromatic heterocycles. The van der Waals surface area contributed by atoms with Crippen LogP contribution < -0.4 is 0 Å². The molecular weight excluding hydrogens is 350 g/mol. The minimum absolute atomic E-state index is 0.109. The van der Waals surface area contributed by atoms with Crippen molar-refractivity contribution in [3.63, 3.8) is 0 Å². The summed E-state index contributed by atoms with van der Waals surface area (Å²) < 4.78 is 10.5. The summed E-state index contributed by atoms with van der Waals surface area (Å²) in [6.45, 7) is 5.41. The van der Waals surface area contributed by atoms with Crippen molar-refractivity contribution in [1.29, 1.82) is 0 Å². The van der Waals surface area contributed by atoms with Gasteiger partial charge in [0.05, 0.1) is 23.2 Å². The van der Waals surface area contributed by atoms with Crippen LogP contribution in [0.4, 0.5) is 5.69 Å². The SMILES string of the molecule is Cc1ccc(C(=O)COC(=O)c2ccc(COC(C)C)cc2)cc1[N+](=O)[O-]. The average Bonchev–Trinajstić information content (AvgIpc) is 2.64. The lowest BCUT2D eigenvalue weighted by atomic mass is 10.1. The summed E-state index contributed by atoms with van der Waals surface area (Å²) in [6, 6.07) is 10.9. The van der Waals surface area contributed by atoms with Gasteiger partial charge in [-0.15, -0.1) is 0 Å². The zero-order valence-corrected chi connectivity index (χ0v) is 15.4. The highest BCUT2D eigenvalue weighted by Crippen LogP contribution is 2.19. The van der Waals surface area contributed by atoms with Crippen LogP contribution in [0, 0.1) is 17.0 Å². The smallest absolute Gasteiger partial charge is 0.338 e. The number of hydrogen-bond acceptors (Lipinski definition) is 6. The van der Waals surface area contributed by atoms with Gasteiger partial charge in [0.1, 0.15) is 0 Å². The van der Waals surface area contributed by atoms with Gasteiger partial charge in [0.2, 0.25) is 5.78 Å². The number of Topliss-reactive ketones (excluding diaryl/α,β-unsaturated/α-hetero) is 1. The normalized spacial score (nSPS) is 10.7. The molecule has 0 spiro atoms. The van der Waals surface area contributed by atoms with Gasteiger partial charge in [0.25, 0.3) is 5.69 Å². The van der Waals surface area contributed by atoms with Gasteiger partial charge in [-0.25, -0.2) is 4.79 Å². The first kappa shape index (κ1) is 20.3. The lowest BCUT2D eigenvalue weighted by molar-refractivity contribution is -0.385. The van der Waals surface area contributed by atoms with Crippen molar-refractivity contribution in [2.75, 3.05) is 6.61 Å². The summed E-state index contributed by atoms with van der Waals surface area (Å²) in [5.74, 6) is -1.14. The maximum atomic E-state index is 12.2. The van der Waals surface area contributed by atoms with Crippen molar-refractivity contribution < 1.29 is 24.0 Å². The topological polar surface area (TPSA) is 95.7 Å². The van der Waals surface area contributed by atoms with Crippen LogP contribution in [-0.4, -0.2) is 29.4 Å². The van der Waals surface area contributed by atoms with E-state index in [2.05, 4.69) is 0 Å². The van der Waals surface area contributed by atoms with E-state index < -0.39 is 23.3 Å². The van der Waals surface area contributed by atoms with E-state index in [0.29, 0.717) is 17.7 Å². The van der Waals surface area contributed by atoms with Crippen molar-refractivity contribution in [1.82, 2.24) is 0 Å². The Hall–Kier alpha value is -3.06. The number of nitro groups is 1. The van der Waals surface area contributed by atoms with Crippen molar-refractivity contribution in [2.45, 2.75) is 33.5 Å². The number of hydrogen-bond donors (Lipinski definition) is 0. The van der Waals surface area contributed by atoms with Gasteiger partial charge >= 0.3 is 5.97 Å². The summed E-state index contributed by atoms with van der Waals surface area (Å²) in [5, 5.41) is 11.0. The molecule has 0 aliphatic rings. The Balaban J connectivity index is 1.96. The molecular formula is C20H21NO6. The Morgan fingerprint density at radius 2 is 1.70 bits per heavy atom. The number of nitro benzene ring substituents is 1. The molecule has 2 rings (SSSR count). The van der Waals surface area contributed by atoms with Gasteiger partial charge in [-0.1, -0.05) is 24.3 Å². The third-order valence-corrected chi connectivity index (χ3v) is 3.84. The molecule has 0 aliphatic heterocycles. The molecule has 0 amide bonds.